The lowest BCUT2D eigenvalue weighted by Gasteiger charge is -2.33. The molecule has 0 bridgehead atoms. The van der Waals surface area contributed by atoms with E-state index in [1.165, 1.54) is 6.33 Å². The van der Waals surface area contributed by atoms with Gasteiger partial charge in [0.1, 0.15) is 6.33 Å². The minimum Gasteiger partial charge on any atom is -0.351 e. The zero-order valence-electron chi connectivity index (χ0n) is 12.8. The Hall–Kier alpha value is -1.96. The van der Waals surface area contributed by atoms with E-state index in [0.29, 0.717) is 24.7 Å². The van der Waals surface area contributed by atoms with Crippen molar-refractivity contribution < 1.29 is 4.92 Å². The van der Waals surface area contributed by atoms with E-state index in [-0.39, 0.29) is 10.6 Å². The first kappa shape index (κ1) is 15.4. The quantitative estimate of drug-likeness (QED) is 0.591. The number of aromatic nitrogens is 2. The summed E-state index contributed by atoms with van der Waals surface area (Å²) in [5.74, 6) is 0.846. The van der Waals surface area contributed by atoms with E-state index in [2.05, 4.69) is 14.9 Å². The van der Waals surface area contributed by atoms with Crippen molar-refractivity contribution in [2.45, 2.75) is 13.8 Å². The molecule has 8 heteroatoms. The van der Waals surface area contributed by atoms with Crippen LogP contribution in [0.2, 0.25) is 0 Å². The number of nitro groups is 1. The third-order valence-corrected chi connectivity index (χ3v) is 3.83. The summed E-state index contributed by atoms with van der Waals surface area (Å²) in [6.07, 6.45) is 1.42. The highest BCUT2D eigenvalue weighted by molar-refractivity contribution is 5.71. The molecule has 1 aliphatic heterocycles. The maximum Gasteiger partial charge on any atom is 0.353 e. The second kappa shape index (κ2) is 6.66. The molecule has 1 saturated heterocycles. The summed E-state index contributed by atoms with van der Waals surface area (Å²) in [7, 11) is 2.05. The molecular weight excluding hydrogens is 272 g/mol. The smallest absolute Gasteiger partial charge is 0.351 e. The van der Waals surface area contributed by atoms with Crippen LogP contribution in [-0.2, 0) is 0 Å². The van der Waals surface area contributed by atoms with Crippen molar-refractivity contribution in [3.05, 3.63) is 16.4 Å². The Morgan fingerprint density at radius 3 is 2.38 bits per heavy atom. The predicted octanol–water partition coefficient (Wildman–Crippen LogP) is 0.983. The maximum absolute atomic E-state index is 11.5. The van der Waals surface area contributed by atoms with Gasteiger partial charge in [-0.3, -0.25) is 10.1 Å². The average Bonchev–Trinajstić information content (AvgIpc) is 2.49. The summed E-state index contributed by atoms with van der Waals surface area (Å²) in [5, 5.41) is 11.5. The molecule has 0 aromatic carbocycles. The van der Waals surface area contributed by atoms with Crippen molar-refractivity contribution in [3.63, 3.8) is 0 Å². The maximum atomic E-state index is 11.5. The molecule has 21 heavy (non-hydrogen) atoms. The number of hydrogen-bond acceptors (Lipinski definition) is 7. The van der Waals surface area contributed by atoms with Gasteiger partial charge in [-0.05, 0) is 20.9 Å². The fourth-order valence-electron chi connectivity index (χ4n) is 2.53. The topological polar surface area (TPSA) is 78.6 Å². The van der Waals surface area contributed by atoms with Gasteiger partial charge in [-0.25, -0.2) is 9.97 Å². The first-order valence-electron chi connectivity index (χ1n) is 7.26. The Kier molecular flexibility index (Phi) is 4.89. The van der Waals surface area contributed by atoms with Gasteiger partial charge in [0.05, 0.1) is 4.92 Å². The predicted molar refractivity (Wildman–Crippen MR) is 82.0 cm³/mol. The minimum atomic E-state index is -0.360. The van der Waals surface area contributed by atoms with Gasteiger partial charge in [-0.2, -0.15) is 0 Å². The van der Waals surface area contributed by atoms with Gasteiger partial charge in [0, 0.05) is 39.3 Å². The molecule has 8 nitrogen and oxygen atoms in total. The van der Waals surface area contributed by atoms with Crippen LogP contribution in [0.1, 0.15) is 13.8 Å². The monoisotopic (exact) mass is 294 g/mol. The Morgan fingerprint density at radius 1 is 1.24 bits per heavy atom. The van der Waals surface area contributed by atoms with Crippen molar-refractivity contribution >= 4 is 17.3 Å². The largest absolute Gasteiger partial charge is 0.353 e. The lowest BCUT2D eigenvalue weighted by Crippen LogP contribution is -2.45. The zero-order chi connectivity index (χ0) is 15.4. The molecule has 1 aliphatic rings. The first-order chi connectivity index (χ1) is 10.1. The average molecular weight is 294 g/mol. The van der Waals surface area contributed by atoms with Crippen molar-refractivity contribution in [2.24, 2.45) is 0 Å². The van der Waals surface area contributed by atoms with Crippen LogP contribution in [0.25, 0.3) is 0 Å². The highest BCUT2D eigenvalue weighted by Gasteiger charge is 2.30. The molecule has 0 unspecified atom stereocenters. The lowest BCUT2D eigenvalue weighted by atomic mass is 10.3. The van der Waals surface area contributed by atoms with E-state index in [1.807, 2.05) is 30.7 Å². The van der Waals surface area contributed by atoms with Crippen LogP contribution in [0.15, 0.2) is 6.33 Å². The Balaban J connectivity index is 2.41. The molecule has 0 atom stereocenters. The third kappa shape index (κ3) is 3.21. The highest BCUT2D eigenvalue weighted by Crippen LogP contribution is 2.34. The van der Waals surface area contributed by atoms with Crippen molar-refractivity contribution in [1.82, 2.24) is 14.9 Å². The zero-order valence-corrected chi connectivity index (χ0v) is 12.8. The lowest BCUT2D eigenvalue weighted by molar-refractivity contribution is -0.383. The van der Waals surface area contributed by atoms with Gasteiger partial charge in [0.2, 0.25) is 11.6 Å². The van der Waals surface area contributed by atoms with Crippen LogP contribution < -0.4 is 9.80 Å². The van der Waals surface area contributed by atoms with Gasteiger partial charge in [0.25, 0.3) is 0 Å². The fourth-order valence-corrected chi connectivity index (χ4v) is 2.53. The van der Waals surface area contributed by atoms with Crippen LogP contribution in [0.4, 0.5) is 17.3 Å². The van der Waals surface area contributed by atoms with Crippen molar-refractivity contribution in [1.29, 1.82) is 0 Å². The van der Waals surface area contributed by atoms with E-state index in [4.69, 9.17) is 0 Å². The first-order valence-corrected chi connectivity index (χ1v) is 7.26. The van der Waals surface area contributed by atoms with Crippen molar-refractivity contribution in [2.75, 3.05) is 56.1 Å². The summed E-state index contributed by atoms with van der Waals surface area (Å²) in [4.78, 5) is 25.6. The Morgan fingerprint density at radius 2 is 1.86 bits per heavy atom. The molecular formula is C13H22N6O2. The number of rotatable bonds is 5. The second-order valence-electron chi connectivity index (χ2n) is 5.09. The van der Waals surface area contributed by atoms with E-state index in [9.17, 15) is 10.1 Å². The van der Waals surface area contributed by atoms with Gasteiger partial charge in [0.15, 0.2) is 0 Å². The summed E-state index contributed by atoms with van der Waals surface area (Å²) in [6.45, 7) is 8.52. The van der Waals surface area contributed by atoms with Gasteiger partial charge < -0.3 is 14.7 Å². The van der Waals surface area contributed by atoms with Gasteiger partial charge in [-0.1, -0.05) is 0 Å². The molecule has 0 N–H and O–H groups in total. The second-order valence-corrected chi connectivity index (χ2v) is 5.09. The van der Waals surface area contributed by atoms with Crippen LogP contribution >= 0.6 is 0 Å². The summed E-state index contributed by atoms with van der Waals surface area (Å²) < 4.78 is 0. The van der Waals surface area contributed by atoms with E-state index < -0.39 is 0 Å². The third-order valence-electron chi connectivity index (χ3n) is 3.83. The molecule has 2 rings (SSSR count). The number of likely N-dealkylation sites (N-methyl/N-ethyl adjacent to an activating group) is 1. The standard InChI is InChI=1S/C13H22N6O2/c1-4-17(5-2)12-11(19(20)21)13(15-10-14-12)18-8-6-16(3)7-9-18/h10H,4-9H2,1-3H3. The van der Waals surface area contributed by atoms with Crippen LogP contribution in [0, 0.1) is 10.1 Å². The molecule has 1 aromatic heterocycles. The van der Waals surface area contributed by atoms with Crippen LogP contribution in [0.5, 0.6) is 0 Å². The summed E-state index contributed by atoms with van der Waals surface area (Å²) in [5.41, 5.74) is 0.0192. The molecule has 0 amide bonds. The molecule has 116 valence electrons. The molecule has 0 aliphatic carbocycles. The van der Waals surface area contributed by atoms with Gasteiger partial charge >= 0.3 is 5.69 Å². The van der Waals surface area contributed by atoms with Crippen molar-refractivity contribution in [3.8, 4) is 0 Å². The Labute approximate surface area is 124 Å². The molecule has 0 radical (unpaired) electrons. The number of hydrogen-bond donors (Lipinski definition) is 0. The highest BCUT2D eigenvalue weighted by atomic mass is 16.6. The minimum absolute atomic E-state index is 0.0192. The normalized spacial score (nSPS) is 16.0. The van der Waals surface area contributed by atoms with E-state index in [1.54, 1.807) is 0 Å². The van der Waals surface area contributed by atoms with E-state index >= 15 is 0 Å². The summed E-state index contributed by atoms with van der Waals surface area (Å²) in [6, 6.07) is 0. The summed E-state index contributed by atoms with van der Waals surface area (Å²) >= 11 is 0. The number of anilines is 2. The van der Waals surface area contributed by atoms with Crippen LogP contribution in [0.3, 0.4) is 0 Å². The molecule has 2 heterocycles. The number of piperazine rings is 1. The van der Waals surface area contributed by atoms with Gasteiger partial charge in [-0.15, -0.1) is 0 Å². The molecule has 0 spiro atoms. The fraction of sp³-hybridized carbons (Fsp3) is 0.692. The molecule has 1 aromatic rings. The SMILES string of the molecule is CCN(CC)c1ncnc(N2CCN(C)CC2)c1[N+](=O)[O-]. The number of nitrogens with zero attached hydrogens (tertiary/aromatic N) is 6. The van der Waals surface area contributed by atoms with E-state index in [0.717, 1.165) is 26.2 Å². The Bertz CT molecular complexity index is 497. The molecule has 0 saturated carbocycles. The van der Waals surface area contributed by atoms with Crippen LogP contribution in [-0.4, -0.2) is 66.1 Å². The molecule has 1 fully saturated rings.